The van der Waals surface area contributed by atoms with Crippen molar-refractivity contribution in [3.8, 4) is 5.75 Å². The van der Waals surface area contributed by atoms with Crippen LogP contribution >= 0.6 is 0 Å². The van der Waals surface area contributed by atoms with E-state index in [4.69, 9.17) is 4.74 Å². The molecule has 1 spiro atoms. The van der Waals surface area contributed by atoms with E-state index >= 15 is 0 Å². The molecule has 94 valence electrons. The molecule has 1 aromatic carbocycles. The Kier molecular flexibility index (Phi) is 2.58. The molecule has 0 bridgehead atoms. The van der Waals surface area contributed by atoms with E-state index in [9.17, 15) is 0 Å². The number of aryl methyl sites for hydroxylation is 1. The Bertz CT molecular complexity index is 531. The van der Waals surface area contributed by atoms with E-state index in [-0.39, 0.29) is 5.41 Å². The Hall–Kier alpha value is -1.50. The quantitative estimate of drug-likeness (QED) is 0.669. The maximum atomic E-state index is 5.34. The summed E-state index contributed by atoms with van der Waals surface area (Å²) in [5, 5.41) is 0. The summed E-state index contributed by atoms with van der Waals surface area (Å²) in [5.41, 5.74) is 6.17. The van der Waals surface area contributed by atoms with Gasteiger partial charge in [-0.05, 0) is 56.4 Å². The average Bonchev–Trinajstić information content (AvgIpc) is 2.76. The minimum absolute atomic E-state index is 0.180. The predicted octanol–water partition coefficient (Wildman–Crippen LogP) is 4.18. The summed E-state index contributed by atoms with van der Waals surface area (Å²) in [5.74, 6) is 0.977. The van der Waals surface area contributed by atoms with Gasteiger partial charge < -0.3 is 4.74 Å². The van der Waals surface area contributed by atoms with Crippen molar-refractivity contribution in [1.29, 1.82) is 0 Å². The van der Waals surface area contributed by atoms with E-state index in [0.29, 0.717) is 0 Å². The molecule has 0 fully saturated rings. The van der Waals surface area contributed by atoms with Gasteiger partial charge in [0.05, 0.1) is 7.11 Å². The second-order valence-electron chi connectivity index (χ2n) is 5.44. The summed E-state index contributed by atoms with van der Waals surface area (Å²) in [7, 11) is 1.74. The Morgan fingerprint density at radius 1 is 1.11 bits per heavy atom. The molecular formula is C17H20O. The molecular weight excluding hydrogens is 220 g/mol. The highest BCUT2D eigenvalue weighted by Gasteiger charge is 2.42. The Balaban J connectivity index is 2.17. The Morgan fingerprint density at radius 3 is 2.50 bits per heavy atom. The number of rotatable bonds is 1. The van der Waals surface area contributed by atoms with Crippen LogP contribution in [0.15, 0.2) is 41.5 Å². The minimum atomic E-state index is 0.180. The lowest BCUT2D eigenvalue weighted by Crippen LogP contribution is -2.28. The normalized spacial score (nSPS) is 20.4. The van der Waals surface area contributed by atoms with Gasteiger partial charge in [-0.2, -0.15) is 0 Å². The topological polar surface area (TPSA) is 9.23 Å². The van der Waals surface area contributed by atoms with E-state index in [1.165, 1.54) is 28.7 Å². The van der Waals surface area contributed by atoms with Gasteiger partial charge in [-0.15, -0.1) is 0 Å². The van der Waals surface area contributed by atoms with Gasteiger partial charge in [0, 0.05) is 5.41 Å². The number of hydrogen-bond donors (Lipinski definition) is 0. The van der Waals surface area contributed by atoms with E-state index in [0.717, 1.165) is 18.6 Å². The monoisotopic (exact) mass is 240 g/mol. The van der Waals surface area contributed by atoms with Gasteiger partial charge in [0.25, 0.3) is 0 Å². The van der Waals surface area contributed by atoms with Crippen molar-refractivity contribution in [1.82, 2.24) is 0 Å². The van der Waals surface area contributed by atoms with Crippen molar-refractivity contribution in [2.75, 3.05) is 7.11 Å². The lowest BCUT2D eigenvalue weighted by molar-refractivity contribution is 0.414. The maximum absolute atomic E-state index is 5.34. The number of ether oxygens (including phenoxy) is 1. The Morgan fingerprint density at radius 2 is 1.83 bits per heavy atom. The largest absolute Gasteiger partial charge is 0.497 e. The van der Waals surface area contributed by atoms with Crippen molar-refractivity contribution in [2.45, 2.75) is 38.5 Å². The van der Waals surface area contributed by atoms with Crippen molar-refractivity contribution in [3.63, 3.8) is 0 Å². The minimum Gasteiger partial charge on any atom is -0.497 e. The van der Waals surface area contributed by atoms with Gasteiger partial charge in [0.15, 0.2) is 0 Å². The fraction of sp³-hybridized carbons (Fsp3) is 0.412. The third-order valence-electron chi connectivity index (χ3n) is 4.74. The molecule has 2 aliphatic rings. The van der Waals surface area contributed by atoms with Gasteiger partial charge in [-0.3, -0.25) is 0 Å². The second-order valence-corrected chi connectivity index (χ2v) is 5.44. The van der Waals surface area contributed by atoms with Crippen LogP contribution in [0.1, 0.15) is 37.8 Å². The summed E-state index contributed by atoms with van der Waals surface area (Å²) in [6.45, 7) is 4.58. The molecule has 0 atom stereocenters. The van der Waals surface area contributed by atoms with Gasteiger partial charge in [-0.25, -0.2) is 0 Å². The molecule has 0 N–H and O–H groups in total. The van der Waals surface area contributed by atoms with Crippen LogP contribution < -0.4 is 4.74 Å². The second kappa shape index (κ2) is 4.01. The summed E-state index contributed by atoms with van der Waals surface area (Å²) < 4.78 is 5.34. The van der Waals surface area contributed by atoms with Crippen molar-refractivity contribution >= 4 is 0 Å². The zero-order chi connectivity index (χ0) is 12.8. The average molecular weight is 240 g/mol. The van der Waals surface area contributed by atoms with Crippen molar-refractivity contribution < 1.29 is 4.74 Å². The van der Waals surface area contributed by atoms with Crippen LogP contribution in [-0.4, -0.2) is 7.11 Å². The highest BCUT2D eigenvalue weighted by atomic mass is 16.5. The lowest BCUT2D eigenvalue weighted by atomic mass is 9.68. The number of methoxy groups -OCH3 is 1. The summed E-state index contributed by atoms with van der Waals surface area (Å²) >= 11 is 0. The highest BCUT2D eigenvalue weighted by molar-refractivity contribution is 5.56. The zero-order valence-corrected chi connectivity index (χ0v) is 11.4. The fourth-order valence-electron chi connectivity index (χ4n) is 3.67. The molecule has 1 aromatic rings. The smallest absolute Gasteiger partial charge is 0.119 e. The molecule has 0 aromatic heterocycles. The van der Waals surface area contributed by atoms with Crippen LogP contribution in [0.5, 0.6) is 5.75 Å². The first kappa shape index (κ1) is 11.6. The molecule has 3 rings (SSSR count). The molecule has 2 aliphatic carbocycles. The third-order valence-corrected chi connectivity index (χ3v) is 4.74. The third kappa shape index (κ3) is 1.40. The molecule has 1 nitrogen and oxygen atoms in total. The van der Waals surface area contributed by atoms with Gasteiger partial charge >= 0.3 is 0 Å². The van der Waals surface area contributed by atoms with Crippen LogP contribution in [0.25, 0.3) is 0 Å². The predicted molar refractivity (Wildman–Crippen MR) is 75.1 cm³/mol. The van der Waals surface area contributed by atoms with Crippen molar-refractivity contribution in [2.24, 2.45) is 0 Å². The fourth-order valence-corrected chi connectivity index (χ4v) is 3.67. The number of hydrogen-bond acceptors (Lipinski definition) is 1. The van der Waals surface area contributed by atoms with E-state index < -0.39 is 0 Å². The molecule has 0 radical (unpaired) electrons. The van der Waals surface area contributed by atoms with Gasteiger partial charge in [0.1, 0.15) is 5.75 Å². The standard InChI is InChI=1S/C17H20O/c1-12-5-4-6-13(2)17(12)10-9-14-11-15(18-3)7-8-16(14)17/h5-8,11H,4,9-10H2,1-3H3. The molecule has 0 unspecified atom stereocenters. The number of allylic oxidation sites excluding steroid dienone is 4. The number of benzene rings is 1. The van der Waals surface area contributed by atoms with Crippen molar-refractivity contribution in [3.05, 3.63) is 52.6 Å². The van der Waals surface area contributed by atoms with E-state index in [2.05, 4.69) is 44.2 Å². The van der Waals surface area contributed by atoms with Gasteiger partial charge in [-0.1, -0.05) is 29.4 Å². The molecule has 0 heterocycles. The SMILES string of the molecule is COc1ccc2c(c1)CCC21C(C)=CCC=C1C. The van der Waals surface area contributed by atoms with Crippen LogP contribution in [0.3, 0.4) is 0 Å². The summed E-state index contributed by atoms with van der Waals surface area (Å²) in [6.07, 6.45) is 8.21. The van der Waals surface area contributed by atoms with E-state index in [1.54, 1.807) is 7.11 Å². The summed E-state index contributed by atoms with van der Waals surface area (Å²) in [4.78, 5) is 0. The molecule has 0 amide bonds. The zero-order valence-electron chi connectivity index (χ0n) is 11.4. The summed E-state index contributed by atoms with van der Waals surface area (Å²) in [6, 6.07) is 6.57. The Labute approximate surface area is 109 Å². The van der Waals surface area contributed by atoms with Crippen LogP contribution in [0, 0.1) is 0 Å². The van der Waals surface area contributed by atoms with E-state index in [1.807, 2.05) is 0 Å². The molecule has 1 heteroatoms. The first-order valence-corrected chi connectivity index (χ1v) is 6.70. The highest BCUT2D eigenvalue weighted by Crippen LogP contribution is 2.51. The van der Waals surface area contributed by atoms with Crippen LogP contribution in [0.2, 0.25) is 0 Å². The van der Waals surface area contributed by atoms with Crippen LogP contribution in [0.4, 0.5) is 0 Å². The maximum Gasteiger partial charge on any atom is 0.119 e. The first-order valence-electron chi connectivity index (χ1n) is 6.70. The van der Waals surface area contributed by atoms with Gasteiger partial charge in [0.2, 0.25) is 0 Å². The molecule has 0 saturated heterocycles. The molecule has 0 aliphatic heterocycles. The molecule has 18 heavy (non-hydrogen) atoms. The first-order chi connectivity index (χ1) is 8.68. The number of fused-ring (bicyclic) bond motifs is 2. The van der Waals surface area contributed by atoms with Crippen LogP contribution in [-0.2, 0) is 11.8 Å². The lowest BCUT2D eigenvalue weighted by Gasteiger charge is -2.35. The molecule has 0 saturated carbocycles.